The lowest BCUT2D eigenvalue weighted by Crippen LogP contribution is -2.53. The number of ether oxygens (including phenoxy) is 1. The summed E-state index contributed by atoms with van der Waals surface area (Å²) in [7, 11) is 0. The Bertz CT molecular complexity index is 503. The van der Waals surface area contributed by atoms with Gasteiger partial charge in [0.2, 0.25) is 0 Å². The van der Waals surface area contributed by atoms with Crippen LogP contribution in [0.2, 0.25) is 0 Å². The van der Waals surface area contributed by atoms with E-state index in [4.69, 9.17) is 4.74 Å². The summed E-state index contributed by atoms with van der Waals surface area (Å²) in [6.45, 7) is 7.64. The van der Waals surface area contributed by atoms with Crippen molar-refractivity contribution in [2.75, 3.05) is 19.7 Å². The van der Waals surface area contributed by atoms with Gasteiger partial charge in [-0.25, -0.2) is 9.18 Å². The normalized spacial score (nSPS) is 17.9. The van der Waals surface area contributed by atoms with Gasteiger partial charge in [0.15, 0.2) is 0 Å². The Morgan fingerprint density at radius 3 is 2.90 bits per heavy atom. The molecule has 0 saturated carbocycles. The van der Waals surface area contributed by atoms with E-state index in [9.17, 15) is 9.18 Å². The molecular weight excluding hydrogens is 259 g/mol. The fourth-order valence-electron chi connectivity index (χ4n) is 2.23. The van der Waals surface area contributed by atoms with Gasteiger partial charge in [0.1, 0.15) is 5.82 Å². The van der Waals surface area contributed by atoms with E-state index >= 15 is 0 Å². The van der Waals surface area contributed by atoms with Gasteiger partial charge in [-0.1, -0.05) is 12.1 Å². The Balaban J connectivity index is 1.90. The number of halogens is 1. The molecule has 1 N–H and O–H groups in total. The largest absolute Gasteiger partial charge is 0.372 e. The van der Waals surface area contributed by atoms with E-state index in [-0.39, 0.29) is 17.4 Å². The van der Waals surface area contributed by atoms with Crippen molar-refractivity contribution >= 4 is 6.03 Å². The zero-order valence-electron chi connectivity index (χ0n) is 12.2. The van der Waals surface area contributed by atoms with Crippen LogP contribution in [-0.2, 0) is 11.3 Å². The van der Waals surface area contributed by atoms with E-state index in [1.54, 1.807) is 17.9 Å². The lowest BCUT2D eigenvalue weighted by molar-refractivity contribution is -0.0733. The minimum Gasteiger partial charge on any atom is -0.372 e. The highest BCUT2D eigenvalue weighted by atomic mass is 19.1. The maximum atomic E-state index is 13.4. The third kappa shape index (κ3) is 3.70. The summed E-state index contributed by atoms with van der Waals surface area (Å²) in [4.78, 5) is 13.8. The molecular formula is C15H21FN2O2. The summed E-state index contributed by atoms with van der Waals surface area (Å²) in [6.07, 6.45) is 0. The molecule has 0 radical (unpaired) electrons. The maximum absolute atomic E-state index is 13.4. The molecule has 0 atom stereocenters. The highest BCUT2D eigenvalue weighted by molar-refractivity contribution is 5.74. The molecule has 0 unspecified atom stereocenters. The van der Waals surface area contributed by atoms with Crippen LogP contribution >= 0.6 is 0 Å². The molecule has 1 aliphatic rings. The Morgan fingerprint density at radius 2 is 2.25 bits per heavy atom. The van der Waals surface area contributed by atoms with Crippen LogP contribution in [0.4, 0.5) is 9.18 Å². The number of hydrogen-bond donors (Lipinski definition) is 1. The van der Waals surface area contributed by atoms with E-state index in [1.165, 1.54) is 6.07 Å². The number of urea groups is 1. The Labute approximate surface area is 118 Å². The van der Waals surface area contributed by atoms with Gasteiger partial charge in [0.25, 0.3) is 0 Å². The summed E-state index contributed by atoms with van der Waals surface area (Å²) in [5.74, 6) is -0.246. The van der Waals surface area contributed by atoms with Gasteiger partial charge in [-0.2, -0.15) is 0 Å². The van der Waals surface area contributed by atoms with E-state index < -0.39 is 0 Å². The minimum atomic E-state index is -0.314. The average molecular weight is 280 g/mol. The molecule has 1 aromatic carbocycles. The number of aryl methyl sites for hydroxylation is 1. The molecule has 1 aromatic rings. The number of carbonyl (C=O) groups excluding carboxylic acids is 1. The first kappa shape index (κ1) is 14.8. The second-order valence-corrected chi connectivity index (χ2v) is 5.77. The van der Waals surface area contributed by atoms with Crippen LogP contribution < -0.4 is 5.32 Å². The van der Waals surface area contributed by atoms with Crippen molar-refractivity contribution in [2.24, 2.45) is 0 Å². The van der Waals surface area contributed by atoms with Crippen LogP contribution in [0.25, 0.3) is 0 Å². The molecule has 0 aromatic heterocycles. The zero-order valence-corrected chi connectivity index (χ0v) is 12.2. The summed E-state index contributed by atoms with van der Waals surface area (Å²) in [6, 6.07) is 4.86. The molecule has 1 heterocycles. The number of amides is 2. The first-order chi connectivity index (χ1) is 9.37. The molecule has 20 heavy (non-hydrogen) atoms. The lowest BCUT2D eigenvalue weighted by Gasteiger charge is -2.38. The van der Waals surface area contributed by atoms with E-state index in [0.29, 0.717) is 31.8 Å². The molecule has 0 bridgehead atoms. The maximum Gasteiger partial charge on any atom is 0.317 e. The van der Waals surface area contributed by atoms with Gasteiger partial charge in [-0.05, 0) is 38.0 Å². The molecule has 5 heteroatoms. The third-order valence-corrected chi connectivity index (χ3v) is 3.39. The molecule has 1 aliphatic heterocycles. The quantitative estimate of drug-likeness (QED) is 0.904. The molecule has 0 spiro atoms. The van der Waals surface area contributed by atoms with Crippen molar-refractivity contribution in [3.8, 4) is 0 Å². The predicted molar refractivity (Wildman–Crippen MR) is 75.0 cm³/mol. The second-order valence-electron chi connectivity index (χ2n) is 5.77. The minimum absolute atomic E-state index is 0.137. The number of benzene rings is 1. The van der Waals surface area contributed by atoms with Crippen LogP contribution in [0, 0.1) is 12.7 Å². The Kier molecular flexibility index (Phi) is 4.28. The number of morpholine rings is 1. The summed E-state index contributed by atoms with van der Waals surface area (Å²) >= 11 is 0. The van der Waals surface area contributed by atoms with Crippen molar-refractivity contribution in [1.82, 2.24) is 10.2 Å². The molecule has 2 amide bonds. The average Bonchev–Trinajstić information content (AvgIpc) is 2.38. The molecule has 2 rings (SSSR count). The number of hydrogen-bond acceptors (Lipinski definition) is 2. The van der Waals surface area contributed by atoms with E-state index in [0.717, 1.165) is 5.56 Å². The van der Waals surface area contributed by atoms with Gasteiger partial charge in [-0.3, -0.25) is 0 Å². The summed E-state index contributed by atoms with van der Waals surface area (Å²) in [5.41, 5.74) is 1.05. The van der Waals surface area contributed by atoms with Crippen molar-refractivity contribution in [2.45, 2.75) is 32.9 Å². The van der Waals surface area contributed by atoms with Gasteiger partial charge in [0.05, 0.1) is 18.8 Å². The molecule has 1 saturated heterocycles. The predicted octanol–water partition coefficient (Wildman–Crippen LogP) is 2.45. The first-order valence-electron chi connectivity index (χ1n) is 6.79. The monoisotopic (exact) mass is 280 g/mol. The first-order valence-corrected chi connectivity index (χ1v) is 6.79. The van der Waals surface area contributed by atoms with Crippen LogP contribution in [0.5, 0.6) is 0 Å². The van der Waals surface area contributed by atoms with Gasteiger partial charge >= 0.3 is 6.03 Å². The van der Waals surface area contributed by atoms with Crippen molar-refractivity contribution in [3.63, 3.8) is 0 Å². The SMILES string of the molecule is Cc1ccc(CNC(=O)N2CCOC(C)(C)C2)cc1F. The van der Waals surface area contributed by atoms with Crippen LogP contribution in [0.1, 0.15) is 25.0 Å². The lowest BCUT2D eigenvalue weighted by atomic mass is 10.1. The fraction of sp³-hybridized carbons (Fsp3) is 0.533. The highest BCUT2D eigenvalue weighted by Gasteiger charge is 2.29. The summed E-state index contributed by atoms with van der Waals surface area (Å²) < 4.78 is 19.0. The fourth-order valence-corrected chi connectivity index (χ4v) is 2.23. The Hall–Kier alpha value is -1.62. The van der Waals surface area contributed by atoms with Crippen molar-refractivity contribution in [3.05, 3.63) is 35.1 Å². The topological polar surface area (TPSA) is 41.6 Å². The van der Waals surface area contributed by atoms with Crippen molar-refractivity contribution in [1.29, 1.82) is 0 Å². The van der Waals surface area contributed by atoms with Crippen LogP contribution in [-0.4, -0.2) is 36.2 Å². The molecule has 0 aliphatic carbocycles. The molecule has 1 fully saturated rings. The standard InChI is InChI=1S/C15H21FN2O2/c1-11-4-5-12(8-13(11)16)9-17-14(19)18-6-7-20-15(2,3)10-18/h4-5,8H,6-7,9-10H2,1-3H3,(H,17,19). The zero-order chi connectivity index (χ0) is 14.8. The number of nitrogens with zero attached hydrogens (tertiary/aromatic N) is 1. The van der Waals surface area contributed by atoms with Gasteiger partial charge < -0.3 is 15.0 Å². The van der Waals surface area contributed by atoms with E-state index in [1.807, 2.05) is 19.9 Å². The van der Waals surface area contributed by atoms with Crippen molar-refractivity contribution < 1.29 is 13.9 Å². The van der Waals surface area contributed by atoms with Crippen LogP contribution in [0.15, 0.2) is 18.2 Å². The van der Waals surface area contributed by atoms with Crippen LogP contribution in [0.3, 0.4) is 0 Å². The number of rotatable bonds is 2. The third-order valence-electron chi connectivity index (χ3n) is 3.39. The second kappa shape index (κ2) is 5.79. The Morgan fingerprint density at radius 1 is 1.50 bits per heavy atom. The van der Waals surface area contributed by atoms with E-state index in [2.05, 4.69) is 5.32 Å². The smallest absolute Gasteiger partial charge is 0.317 e. The molecule has 4 nitrogen and oxygen atoms in total. The van der Waals surface area contributed by atoms with Gasteiger partial charge in [-0.15, -0.1) is 0 Å². The highest BCUT2D eigenvalue weighted by Crippen LogP contribution is 2.16. The van der Waals surface area contributed by atoms with Gasteiger partial charge in [0, 0.05) is 13.1 Å². The number of nitrogens with one attached hydrogen (secondary N) is 1. The summed E-state index contributed by atoms with van der Waals surface area (Å²) in [5, 5.41) is 2.82. The molecule has 110 valence electrons. The number of carbonyl (C=O) groups is 1.